The maximum Gasteiger partial charge on any atom is 0.386 e. The largest absolute Gasteiger partial charge is 0.386 e. The molecule has 0 heterocycles. The number of rotatable bonds is 4. The lowest BCUT2D eigenvalue weighted by atomic mass is 10.6. The van der Waals surface area contributed by atoms with Crippen LogP contribution in [-0.2, 0) is 14.8 Å². The third kappa shape index (κ3) is 6.26. The third-order valence-corrected chi connectivity index (χ3v) is 0.473. The molecule has 1 unspecified atom stereocenters. The van der Waals surface area contributed by atoms with E-state index in [1.807, 2.05) is 0 Å². The summed E-state index contributed by atoms with van der Waals surface area (Å²) in [6.45, 7) is 0. The van der Waals surface area contributed by atoms with Gasteiger partial charge in [-0.25, -0.2) is 5.26 Å². The molecule has 0 aliphatic rings. The lowest BCUT2D eigenvalue weighted by Gasteiger charge is -1.89. The molecule has 1 atom stereocenters. The van der Waals surface area contributed by atoms with Crippen LogP contribution < -0.4 is 0 Å². The van der Waals surface area contributed by atoms with E-state index in [2.05, 4.69) is 14.8 Å². The van der Waals surface area contributed by atoms with Crippen LogP contribution in [0.2, 0.25) is 0 Å². The van der Waals surface area contributed by atoms with Crippen LogP contribution in [0.5, 0.6) is 0 Å². The first-order valence-corrected chi connectivity index (χ1v) is 2.46. The van der Waals surface area contributed by atoms with Crippen molar-refractivity contribution in [1.29, 1.82) is 0 Å². The van der Waals surface area contributed by atoms with Crippen molar-refractivity contribution < 1.29 is 24.3 Å². The van der Waals surface area contributed by atoms with Gasteiger partial charge < -0.3 is 4.32 Å². The molecule has 42 valence electrons. The molecule has 7 heavy (non-hydrogen) atoms. The Morgan fingerprint density at radius 3 is 2.86 bits per heavy atom. The van der Waals surface area contributed by atoms with Gasteiger partial charge in [0.1, 0.15) is 0 Å². The summed E-state index contributed by atoms with van der Waals surface area (Å²) in [5, 5.41) is 13.7. The standard InChI is InChI=1S/BFH3O4P/c2-1-7-6-5-4-3/h1,3,7H. The van der Waals surface area contributed by atoms with Crippen LogP contribution in [0, 0.1) is 0 Å². The summed E-state index contributed by atoms with van der Waals surface area (Å²) >= 11 is 0. The van der Waals surface area contributed by atoms with Gasteiger partial charge in [0.2, 0.25) is 0 Å². The molecule has 0 saturated heterocycles. The van der Waals surface area contributed by atoms with Gasteiger partial charge in [-0.05, 0) is 10.1 Å². The molecular formula is H3BFO4P. The van der Waals surface area contributed by atoms with Crippen LogP contribution in [0.25, 0.3) is 0 Å². The highest BCUT2D eigenvalue weighted by Gasteiger charge is 1.87. The zero-order valence-electron chi connectivity index (χ0n) is 3.26. The van der Waals surface area contributed by atoms with Crippen molar-refractivity contribution in [2.24, 2.45) is 0 Å². The van der Waals surface area contributed by atoms with E-state index in [0.717, 1.165) is 0 Å². The average Bonchev–Trinajstić information content (AvgIpc) is 1.69. The molecule has 0 saturated carbocycles. The highest BCUT2D eigenvalue weighted by Crippen LogP contribution is 2.07. The first kappa shape index (κ1) is 7.26. The fourth-order valence-corrected chi connectivity index (χ4v) is 0.185. The van der Waals surface area contributed by atoms with Gasteiger partial charge in [-0.15, -0.1) is 0 Å². The Hall–Kier alpha value is 0.265. The first-order valence-electron chi connectivity index (χ1n) is 1.34. The van der Waals surface area contributed by atoms with Crippen LogP contribution in [0.3, 0.4) is 0 Å². The summed E-state index contributed by atoms with van der Waals surface area (Å²) in [5.41, 5.74) is 0. The minimum absolute atomic E-state index is 0.452. The molecule has 0 bridgehead atoms. The molecule has 0 amide bonds. The van der Waals surface area contributed by atoms with E-state index in [1.165, 1.54) is 0 Å². The Morgan fingerprint density at radius 1 is 1.71 bits per heavy atom. The van der Waals surface area contributed by atoms with Gasteiger partial charge in [-0.1, -0.05) is 0 Å². The SMILES string of the molecule is OOOOPBF. The van der Waals surface area contributed by atoms with Crippen LogP contribution in [-0.4, -0.2) is 12.5 Å². The molecule has 7 heteroatoms. The molecule has 4 nitrogen and oxygen atoms in total. The van der Waals surface area contributed by atoms with E-state index in [9.17, 15) is 4.32 Å². The van der Waals surface area contributed by atoms with Gasteiger partial charge in [0.15, 0.2) is 0 Å². The smallest absolute Gasteiger partial charge is 0.332 e. The van der Waals surface area contributed by atoms with Crippen LogP contribution >= 0.6 is 8.69 Å². The Kier molecular flexibility index (Phi) is 6.50. The molecule has 1 N–H and O–H groups in total. The summed E-state index contributed by atoms with van der Waals surface area (Å²) in [4.78, 5) is 0. The fourth-order valence-electron chi connectivity index (χ4n) is 0.0615. The van der Waals surface area contributed by atoms with Crippen molar-refractivity contribution in [1.82, 2.24) is 0 Å². The molecule has 0 aromatic heterocycles. The van der Waals surface area contributed by atoms with Crippen LogP contribution in [0.4, 0.5) is 4.32 Å². The predicted octanol–water partition coefficient (Wildman–Crippen LogP) is 0.169. The summed E-state index contributed by atoms with van der Waals surface area (Å²) in [6, 6.07) is 0. The van der Waals surface area contributed by atoms with E-state index in [4.69, 9.17) is 5.26 Å². The minimum Gasteiger partial charge on any atom is -0.332 e. The van der Waals surface area contributed by atoms with E-state index >= 15 is 0 Å². The zero-order chi connectivity index (χ0) is 5.54. The monoisotopic (exact) mass is 128 g/mol. The molecule has 0 aromatic carbocycles. The second kappa shape index (κ2) is 6.26. The quantitative estimate of drug-likeness (QED) is 0.192. The highest BCUT2D eigenvalue weighted by atomic mass is 31.1. The van der Waals surface area contributed by atoms with Gasteiger partial charge in [0, 0.05) is 0 Å². The molecular weight excluding hydrogens is 125 g/mol. The second-order valence-electron chi connectivity index (χ2n) is 0.504. The fraction of sp³-hybridized carbons (Fsp3) is 0. The lowest BCUT2D eigenvalue weighted by molar-refractivity contribution is -0.592. The van der Waals surface area contributed by atoms with Gasteiger partial charge in [0.05, 0.1) is 8.69 Å². The van der Waals surface area contributed by atoms with Gasteiger partial charge >= 0.3 is 7.28 Å². The Morgan fingerprint density at radius 2 is 2.43 bits per heavy atom. The van der Waals surface area contributed by atoms with Crippen molar-refractivity contribution in [3.63, 3.8) is 0 Å². The topological polar surface area (TPSA) is 47.9 Å². The molecule has 0 fully saturated rings. The Bertz CT molecular complexity index is 30.9. The molecule has 0 rings (SSSR count). The van der Waals surface area contributed by atoms with Crippen molar-refractivity contribution in [2.75, 3.05) is 0 Å². The maximum absolute atomic E-state index is 11.0. The molecule has 0 spiro atoms. The number of halogens is 1. The average molecular weight is 128 g/mol. The summed E-state index contributed by atoms with van der Waals surface area (Å²) in [7, 11) is -1.10. The van der Waals surface area contributed by atoms with E-state index in [0.29, 0.717) is 0 Å². The van der Waals surface area contributed by atoms with Gasteiger partial charge in [-0.3, -0.25) is 0 Å². The van der Waals surface area contributed by atoms with Gasteiger partial charge in [-0.2, -0.15) is 4.67 Å². The van der Waals surface area contributed by atoms with Crippen molar-refractivity contribution in [3.8, 4) is 0 Å². The van der Waals surface area contributed by atoms with Crippen LogP contribution in [0.15, 0.2) is 0 Å². The second-order valence-corrected chi connectivity index (χ2v) is 1.23. The zero-order valence-corrected chi connectivity index (χ0v) is 4.26. The molecule has 0 aliphatic carbocycles. The van der Waals surface area contributed by atoms with Crippen molar-refractivity contribution >= 4 is 16.0 Å². The van der Waals surface area contributed by atoms with E-state index in [-0.39, 0.29) is 0 Å². The van der Waals surface area contributed by atoms with Crippen LogP contribution in [0.1, 0.15) is 0 Å². The Labute approximate surface area is 41.5 Å². The number of hydrogen-bond acceptors (Lipinski definition) is 4. The maximum atomic E-state index is 11.0. The Balaban J connectivity index is 2.45. The predicted molar refractivity (Wildman–Crippen MR) is 22.5 cm³/mol. The molecule has 0 aromatic rings. The van der Waals surface area contributed by atoms with E-state index in [1.54, 1.807) is 0 Å². The first-order chi connectivity index (χ1) is 3.41. The summed E-state index contributed by atoms with van der Waals surface area (Å²) in [6.07, 6.45) is 0. The van der Waals surface area contributed by atoms with Gasteiger partial charge in [0.25, 0.3) is 0 Å². The summed E-state index contributed by atoms with van der Waals surface area (Å²) < 4.78 is 14.8. The number of hydrogen-bond donors (Lipinski definition) is 1. The van der Waals surface area contributed by atoms with Crippen molar-refractivity contribution in [3.05, 3.63) is 0 Å². The minimum atomic E-state index is -0.649. The highest BCUT2D eigenvalue weighted by molar-refractivity contribution is 7.65. The molecule has 0 radical (unpaired) electrons. The van der Waals surface area contributed by atoms with Crippen molar-refractivity contribution in [2.45, 2.75) is 0 Å². The van der Waals surface area contributed by atoms with E-state index < -0.39 is 16.0 Å². The lowest BCUT2D eigenvalue weighted by Crippen LogP contribution is -1.83. The summed E-state index contributed by atoms with van der Waals surface area (Å²) in [5.74, 6) is 0. The molecule has 0 aliphatic heterocycles. The normalized spacial score (nSPS) is 10.6. The third-order valence-electron chi connectivity index (χ3n) is 0.178.